The number of carbonyl (C=O) groups excluding carboxylic acids is 2. The Bertz CT molecular complexity index is 877. The van der Waals surface area contributed by atoms with Crippen LogP contribution in [0.15, 0.2) is 42.5 Å². The number of methoxy groups -OCH3 is 2. The SMILES string of the molecule is COc1ccc(CCC(=O)N2CCC(NC(=O)c3ccc(F)cc3)CC2)cc1OC. The summed E-state index contributed by atoms with van der Waals surface area (Å²) < 4.78 is 23.5. The Morgan fingerprint density at radius 3 is 2.33 bits per heavy atom. The molecular weight excluding hydrogens is 387 g/mol. The highest BCUT2D eigenvalue weighted by molar-refractivity contribution is 5.94. The van der Waals surface area contributed by atoms with Crippen LogP contribution in [0.5, 0.6) is 11.5 Å². The average molecular weight is 414 g/mol. The van der Waals surface area contributed by atoms with Crippen LogP contribution in [0.25, 0.3) is 0 Å². The third-order valence-corrected chi connectivity index (χ3v) is 5.36. The fraction of sp³-hybridized carbons (Fsp3) is 0.391. The molecule has 160 valence electrons. The Labute approximate surface area is 176 Å². The van der Waals surface area contributed by atoms with Crippen molar-refractivity contribution in [1.82, 2.24) is 10.2 Å². The van der Waals surface area contributed by atoms with Crippen molar-refractivity contribution in [2.45, 2.75) is 31.7 Å². The zero-order chi connectivity index (χ0) is 21.5. The summed E-state index contributed by atoms with van der Waals surface area (Å²) in [5, 5.41) is 2.97. The first-order valence-electron chi connectivity index (χ1n) is 10.0. The van der Waals surface area contributed by atoms with Gasteiger partial charge in [0.25, 0.3) is 5.91 Å². The second kappa shape index (κ2) is 10.1. The first-order valence-corrected chi connectivity index (χ1v) is 10.0. The normalized spacial score (nSPS) is 14.3. The van der Waals surface area contributed by atoms with Gasteiger partial charge in [0.1, 0.15) is 5.82 Å². The Hall–Kier alpha value is -3.09. The van der Waals surface area contributed by atoms with Crippen LogP contribution in [-0.4, -0.2) is 50.1 Å². The molecule has 3 rings (SSSR count). The molecular formula is C23H27FN2O4. The van der Waals surface area contributed by atoms with Crippen molar-refractivity contribution >= 4 is 11.8 Å². The van der Waals surface area contributed by atoms with Gasteiger partial charge in [-0.2, -0.15) is 0 Å². The molecule has 0 radical (unpaired) electrons. The number of aryl methyl sites for hydroxylation is 1. The van der Waals surface area contributed by atoms with E-state index in [9.17, 15) is 14.0 Å². The smallest absolute Gasteiger partial charge is 0.251 e. The molecule has 2 amide bonds. The van der Waals surface area contributed by atoms with E-state index in [-0.39, 0.29) is 23.7 Å². The zero-order valence-electron chi connectivity index (χ0n) is 17.3. The van der Waals surface area contributed by atoms with Crippen molar-refractivity contribution in [2.75, 3.05) is 27.3 Å². The first kappa shape index (κ1) is 21.6. The molecule has 0 saturated carbocycles. The second-order valence-corrected chi connectivity index (χ2v) is 7.32. The fourth-order valence-electron chi connectivity index (χ4n) is 3.59. The highest BCUT2D eigenvalue weighted by atomic mass is 19.1. The molecule has 1 aliphatic heterocycles. The maximum atomic E-state index is 13.0. The summed E-state index contributed by atoms with van der Waals surface area (Å²) in [5.41, 5.74) is 1.45. The Morgan fingerprint density at radius 1 is 1.03 bits per heavy atom. The van der Waals surface area contributed by atoms with Gasteiger partial charge in [0.2, 0.25) is 5.91 Å². The molecule has 0 atom stereocenters. The van der Waals surface area contributed by atoms with E-state index in [0.29, 0.717) is 55.8 Å². The molecule has 2 aromatic rings. The lowest BCUT2D eigenvalue weighted by molar-refractivity contribution is -0.132. The Balaban J connectivity index is 1.45. The van der Waals surface area contributed by atoms with E-state index >= 15 is 0 Å². The lowest BCUT2D eigenvalue weighted by Gasteiger charge is -2.32. The summed E-state index contributed by atoms with van der Waals surface area (Å²) >= 11 is 0. The van der Waals surface area contributed by atoms with Gasteiger partial charge in [0, 0.05) is 31.1 Å². The topological polar surface area (TPSA) is 67.9 Å². The number of benzene rings is 2. The molecule has 1 heterocycles. The summed E-state index contributed by atoms with van der Waals surface area (Å²) in [6, 6.07) is 11.2. The van der Waals surface area contributed by atoms with Gasteiger partial charge in [-0.05, 0) is 61.2 Å². The minimum atomic E-state index is -0.369. The van der Waals surface area contributed by atoms with Crippen molar-refractivity contribution in [2.24, 2.45) is 0 Å². The number of rotatable bonds is 7. The maximum absolute atomic E-state index is 13.0. The number of hydrogen-bond donors (Lipinski definition) is 1. The number of hydrogen-bond acceptors (Lipinski definition) is 4. The van der Waals surface area contributed by atoms with Gasteiger partial charge < -0.3 is 19.7 Å². The number of piperidine rings is 1. The average Bonchev–Trinajstić information content (AvgIpc) is 2.78. The third kappa shape index (κ3) is 5.49. The van der Waals surface area contributed by atoms with Crippen LogP contribution in [0, 0.1) is 5.82 Å². The molecule has 0 unspecified atom stereocenters. The van der Waals surface area contributed by atoms with Crippen molar-refractivity contribution in [3.05, 3.63) is 59.4 Å². The molecule has 2 aromatic carbocycles. The Morgan fingerprint density at radius 2 is 1.70 bits per heavy atom. The van der Waals surface area contributed by atoms with Gasteiger partial charge >= 0.3 is 0 Å². The van der Waals surface area contributed by atoms with Gasteiger partial charge in [-0.1, -0.05) is 6.07 Å². The van der Waals surface area contributed by atoms with Crippen LogP contribution in [0.4, 0.5) is 4.39 Å². The zero-order valence-corrected chi connectivity index (χ0v) is 17.3. The van der Waals surface area contributed by atoms with Crippen LogP contribution in [-0.2, 0) is 11.2 Å². The van der Waals surface area contributed by atoms with Crippen molar-refractivity contribution < 1.29 is 23.5 Å². The van der Waals surface area contributed by atoms with Gasteiger partial charge in [0.05, 0.1) is 14.2 Å². The molecule has 1 fully saturated rings. The highest BCUT2D eigenvalue weighted by Gasteiger charge is 2.24. The van der Waals surface area contributed by atoms with Crippen LogP contribution in [0.2, 0.25) is 0 Å². The minimum Gasteiger partial charge on any atom is -0.493 e. The highest BCUT2D eigenvalue weighted by Crippen LogP contribution is 2.28. The van der Waals surface area contributed by atoms with Gasteiger partial charge in [-0.25, -0.2) is 4.39 Å². The monoisotopic (exact) mass is 414 g/mol. The number of nitrogens with one attached hydrogen (secondary N) is 1. The van der Waals surface area contributed by atoms with E-state index in [1.54, 1.807) is 14.2 Å². The van der Waals surface area contributed by atoms with Crippen molar-refractivity contribution in [1.29, 1.82) is 0 Å². The lowest BCUT2D eigenvalue weighted by Crippen LogP contribution is -2.46. The molecule has 6 nitrogen and oxygen atoms in total. The fourth-order valence-corrected chi connectivity index (χ4v) is 3.59. The summed E-state index contributed by atoms with van der Waals surface area (Å²) in [5.74, 6) is 0.838. The molecule has 7 heteroatoms. The van der Waals surface area contributed by atoms with E-state index in [1.165, 1.54) is 24.3 Å². The molecule has 1 saturated heterocycles. The van der Waals surface area contributed by atoms with Crippen LogP contribution < -0.4 is 14.8 Å². The maximum Gasteiger partial charge on any atom is 0.251 e. The molecule has 1 N–H and O–H groups in total. The number of amides is 2. The van der Waals surface area contributed by atoms with Crippen LogP contribution >= 0.6 is 0 Å². The first-order chi connectivity index (χ1) is 14.5. The van der Waals surface area contributed by atoms with Gasteiger partial charge in [0.15, 0.2) is 11.5 Å². The second-order valence-electron chi connectivity index (χ2n) is 7.32. The van der Waals surface area contributed by atoms with E-state index in [0.717, 1.165) is 5.56 Å². The Kier molecular flexibility index (Phi) is 7.27. The predicted molar refractivity (Wildman–Crippen MR) is 111 cm³/mol. The number of ether oxygens (including phenoxy) is 2. The third-order valence-electron chi connectivity index (χ3n) is 5.36. The van der Waals surface area contributed by atoms with Crippen LogP contribution in [0.3, 0.4) is 0 Å². The summed E-state index contributed by atoms with van der Waals surface area (Å²) in [6.07, 6.45) is 2.45. The molecule has 1 aliphatic rings. The van der Waals surface area contributed by atoms with Gasteiger partial charge in [-0.3, -0.25) is 9.59 Å². The number of carbonyl (C=O) groups is 2. The molecule has 0 aromatic heterocycles. The molecule has 0 bridgehead atoms. The summed E-state index contributed by atoms with van der Waals surface area (Å²) in [6.45, 7) is 1.22. The molecule has 0 spiro atoms. The minimum absolute atomic E-state index is 0.0115. The van der Waals surface area contributed by atoms with E-state index in [2.05, 4.69) is 5.32 Å². The standard InChI is InChI=1S/C23H27FN2O4/c1-29-20-9-3-16(15-21(20)30-2)4-10-22(27)26-13-11-19(12-14-26)25-23(28)17-5-7-18(24)8-6-17/h3,5-9,15,19H,4,10-14H2,1-2H3,(H,25,28). The molecule has 30 heavy (non-hydrogen) atoms. The summed E-state index contributed by atoms with van der Waals surface area (Å²) in [7, 11) is 3.18. The summed E-state index contributed by atoms with van der Waals surface area (Å²) in [4.78, 5) is 26.7. The van der Waals surface area contributed by atoms with Crippen molar-refractivity contribution in [3.8, 4) is 11.5 Å². The number of halogens is 1. The quantitative estimate of drug-likeness (QED) is 0.756. The largest absolute Gasteiger partial charge is 0.493 e. The number of likely N-dealkylation sites (tertiary alicyclic amines) is 1. The van der Waals surface area contributed by atoms with Gasteiger partial charge in [-0.15, -0.1) is 0 Å². The van der Waals surface area contributed by atoms with E-state index < -0.39 is 0 Å². The number of nitrogens with zero attached hydrogens (tertiary/aromatic N) is 1. The lowest BCUT2D eigenvalue weighted by atomic mass is 10.0. The predicted octanol–water partition coefficient (Wildman–Crippen LogP) is 3.20. The van der Waals surface area contributed by atoms with Crippen molar-refractivity contribution in [3.63, 3.8) is 0 Å². The van der Waals surface area contributed by atoms with E-state index in [1.807, 2.05) is 23.1 Å². The van der Waals surface area contributed by atoms with E-state index in [4.69, 9.17) is 9.47 Å². The molecule has 0 aliphatic carbocycles. The van der Waals surface area contributed by atoms with Crippen LogP contribution in [0.1, 0.15) is 35.2 Å².